The van der Waals surface area contributed by atoms with Crippen molar-refractivity contribution in [3.63, 3.8) is 0 Å². The number of nitrogens with zero attached hydrogens (tertiary/aromatic N) is 3. The number of benzene rings is 1. The van der Waals surface area contributed by atoms with Crippen LogP contribution in [0.25, 0.3) is 0 Å². The standard InChI is InChI=1S/C22H23F3N4O4/c1-2-32-20(31)17-18(16-7-4-12-33-16)26-21(27-19(17)30)29-10-8-28(9-11-29)15-6-3-5-14(13-15)22(23,24)25/h3-7,12-13,17-18H,2,8-11H2,1H3,(H,26,27,30)/t17-,18+/m1/s1. The van der Waals surface area contributed by atoms with Crippen LogP contribution in [-0.4, -0.2) is 55.5 Å². The molecule has 1 amide bonds. The van der Waals surface area contributed by atoms with E-state index < -0.39 is 35.6 Å². The molecule has 2 aliphatic heterocycles. The van der Waals surface area contributed by atoms with Gasteiger partial charge in [-0.1, -0.05) is 6.07 Å². The third-order valence-electron chi connectivity index (χ3n) is 5.59. The van der Waals surface area contributed by atoms with Gasteiger partial charge in [-0.15, -0.1) is 0 Å². The maximum Gasteiger partial charge on any atom is 0.416 e. The molecule has 1 saturated heterocycles. The van der Waals surface area contributed by atoms with Gasteiger partial charge in [0.25, 0.3) is 0 Å². The number of hydrogen-bond acceptors (Lipinski definition) is 7. The first-order valence-corrected chi connectivity index (χ1v) is 10.5. The van der Waals surface area contributed by atoms with Gasteiger partial charge in [0.2, 0.25) is 11.9 Å². The number of nitrogens with one attached hydrogen (secondary N) is 1. The molecule has 1 fully saturated rings. The monoisotopic (exact) mass is 464 g/mol. The first kappa shape index (κ1) is 22.7. The van der Waals surface area contributed by atoms with Crippen molar-refractivity contribution in [1.29, 1.82) is 0 Å². The Hall–Kier alpha value is -3.50. The lowest BCUT2D eigenvalue weighted by atomic mass is 9.95. The topological polar surface area (TPSA) is 87.4 Å². The predicted molar refractivity (Wildman–Crippen MR) is 112 cm³/mol. The minimum Gasteiger partial charge on any atom is -0.467 e. The summed E-state index contributed by atoms with van der Waals surface area (Å²) in [6, 6.07) is 7.62. The highest BCUT2D eigenvalue weighted by Crippen LogP contribution is 2.33. The van der Waals surface area contributed by atoms with Gasteiger partial charge in [-0.2, -0.15) is 13.2 Å². The summed E-state index contributed by atoms with van der Waals surface area (Å²) in [5.41, 5.74) is -0.215. The first-order valence-electron chi connectivity index (χ1n) is 10.5. The van der Waals surface area contributed by atoms with Crippen LogP contribution in [0.5, 0.6) is 0 Å². The summed E-state index contributed by atoms with van der Waals surface area (Å²) >= 11 is 0. The van der Waals surface area contributed by atoms with Crippen LogP contribution in [0.15, 0.2) is 52.1 Å². The summed E-state index contributed by atoms with van der Waals surface area (Å²) in [4.78, 5) is 33.5. The summed E-state index contributed by atoms with van der Waals surface area (Å²) in [5.74, 6) is -1.74. The Morgan fingerprint density at radius 1 is 1.18 bits per heavy atom. The van der Waals surface area contributed by atoms with Gasteiger partial charge in [-0.05, 0) is 37.3 Å². The summed E-state index contributed by atoms with van der Waals surface area (Å²) in [6.07, 6.45) is -2.97. The van der Waals surface area contributed by atoms with Crippen molar-refractivity contribution in [2.24, 2.45) is 10.9 Å². The van der Waals surface area contributed by atoms with Crippen molar-refractivity contribution in [2.45, 2.75) is 19.1 Å². The Morgan fingerprint density at radius 2 is 1.91 bits per heavy atom. The number of alkyl halides is 3. The van der Waals surface area contributed by atoms with Gasteiger partial charge >= 0.3 is 12.1 Å². The van der Waals surface area contributed by atoms with Crippen molar-refractivity contribution in [1.82, 2.24) is 10.2 Å². The molecule has 33 heavy (non-hydrogen) atoms. The number of hydrogen-bond donors (Lipinski definition) is 1. The van der Waals surface area contributed by atoms with Crippen molar-refractivity contribution < 1.29 is 31.9 Å². The van der Waals surface area contributed by atoms with Crippen LogP contribution in [0, 0.1) is 5.92 Å². The van der Waals surface area contributed by atoms with Crippen molar-refractivity contribution in [3.8, 4) is 0 Å². The van der Waals surface area contributed by atoms with Gasteiger partial charge in [0.15, 0.2) is 5.92 Å². The van der Waals surface area contributed by atoms with Crippen LogP contribution in [0.1, 0.15) is 24.3 Å². The second kappa shape index (κ2) is 9.16. The van der Waals surface area contributed by atoms with E-state index in [1.165, 1.54) is 12.3 Å². The third kappa shape index (κ3) is 4.81. The largest absolute Gasteiger partial charge is 0.467 e. The Bertz CT molecular complexity index is 1030. The highest BCUT2D eigenvalue weighted by Gasteiger charge is 2.43. The lowest BCUT2D eigenvalue weighted by molar-refractivity contribution is -0.153. The number of anilines is 1. The molecule has 1 N–H and O–H groups in total. The fraction of sp³-hybridized carbons (Fsp3) is 0.409. The van der Waals surface area contributed by atoms with Gasteiger partial charge in [0.1, 0.15) is 11.8 Å². The molecule has 1 aromatic carbocycles. The van der Waals surface area contributed by atoms with Crippen LogP contribution in [-0.2, 0) is 20.5 Å². The number of guanidine groups is 1. The number of carbonyl (C=O) groups excluding carboxylic acids is 2. The zero-order chi connectivity index (χ0) is 23.6. The van der Waals surface area contributed by atoms with Crippen LogP contribution < -0.4 is 10.2 Å². The van der Waals surface area contributed by atoms with Crippen molar-refractivity contribution in [3.05, 3.63) is 54.0 Å². The van der Waals surface area contributed by atoms with Gasteiger partial charge < -0.3 is 19.0 Å². The van der Waals surface area contributed by atoms with E-state index >= 15 is 0 Å². The lowest BCUT2D eigenvalue weighted by Crippen LogP contribution is -2.57. The van der Waals surface area contributed by atoms with E-state index in [1.54, 1.807) is 25.1 Å². The summed E-state index contributed by atoms with van der Waals surface area (Å²) in [6.45, 7) is 3.49. The smallest absolute Gasteiger partial charge is 0.416 e. The Morgan fingerprint density at radius 3 is 2.55 bits per heavy atom. The minimum absolute atomic E-state index is 0.127. The Kier molecular flexibility index (Phi) is 6.30. The summed E-state index contributed by atoms with van der Waals surface area (Å²) in [7, 11) is 0. The maximum absolute atomic E-state index is 13.0. The molecule has 0 spiro atoms. The molecular weight excluding hydrogens is 441 g/mol. The van der Waals surface area contributed by atoms with Crippen molar-refractivity contribution in [2.75, 3.05) is 37.7 Å². The average Bonchev–Trinajstić information content (AvgIpc) is 3.33. The van der Waals surface area contributed by atoms with Gasteiger partial charge in [-0.25, -0.2) is 4.99 Å². The molecule has 0 unspecified atom stereocenters. The number of carbonyl (C=O) groups is 2. The molecule has 3 heterocycles. The van der Waals surface area contributed by atoms with E-state index in [9.17, 15) is 22.8 Å². The molecule has 176 valence electrons. The number of aliphatic imine (C=N–C) groups is 1. The second-order valence-corrected chi connectivity index (χ2v) is 7.65. The van der Waals surface area contributed by atoms with E-state index in [0.29, 0.717) is 43.6 Å². The van der Waals surface area contributed by atoms with E-state index in [2.05, 4.69) is 10.3 Å². The van der Waals surface area contributed by atoms with E-state index in [0.717, 1.165) is 12.1 Å². The molecule has 2 aromatic rings. The van der Waals surface area contributed by atoms with E-state index in [-0.39, 0.29) is 6.61 Å². The maximum atomic E-state index is 13.0. The number of halogens is 3. The fourth-order valence-electron chi connectivity index (χ4n) is 3.94. The first-order chi connectivity index (χ1) is 15.8. The zero-order valence-corrected chi connectivity index (χ0v) is 17.8. The highest BCUT2D eigenvalue weighted by molar-refractivity contribution is 6.08. The summed E-state index contributed by atoms with van der Waals surface area (Å²) in [5, 5.41) is 2.68. The molecule has 0 aliphatic carbocycles. The normalized spacial score (nSPS) is 21.5. The molecule has 2 aliphatic rings. The Labute approximate surface area is 188 Å². The fourth-order valence-corrected chi connectivity index (χ4v) is 3.94. The highest BCUT2D eigenvalue weighted by atomic mass is 19.4. The van der Waals surface area contributed by atoms with Gasteiger partial charge in [0, 0.05) is 31.9 Å². The second-order valence-electron chi connectivity index (χ2n) is 7.65. The molecule has 0 bridgehead atoms. The molecule has 0 saturated carbocycles. The van der Waals surface area contributed by atoms with Crippen LogP contribution in [0.3, 0.4) is 0 Å². The SMILES string of the molecule is CCOC(=O)[C@H]1C(=O)NC(N2CCN(c3cccc(C(F)(F)F)c3)CC2)=N[C@H]1c1ccco1. The zero-order valence-electron chi connectivity index (χ0n) is 17.8. The van der Waals surface area contributed by atoms with Crippen LogP contribution in [0.4, 0.5) is 18.9 Å². The number of furan rings is 1. The number of rotatable bonds is 4. The number of esters is 1. The molecular formula is C22H23F3N4O4. The van der Waals surface area contributed by atoms with Gasteiger partial charge in [0.05, 0.1) is 18.4 Å². The molecule has 1 aromatic heterocycles. The molecule has 2 atom stereocenters. The minimum atomic E-state index is -4.41. The molecule has 0 radical (unpaired) electrons. The van der Waals surface area contributed by atoms with Crippen molar-refractivity contribution >= 4 is 23.5 Å². The number of amides is 1. The molecule has 8 nitrogen and oxygen atoms in total. The van der Waals surface area contributed by atoms with E-state index in [1.807, 2.05) is 9.80 Å². The Balaban J connectivity index is 1.50. The van der Waals surface area contributed by atoms with Crippen LogP contribution >= 0.6 is 0 Å². The van der Waals surface area contributed by atoms with E-state index in [4.69, 9.17) is 9.15 Å². The number of piperazine rings is 1. The van der Waals surface area contributed by atoms with Gasteiger partial charge in [-0.3, -0.25) is 14.9 Å². The third-order valence-corrected chi connectivity index (χ3v) is 5.59. The molecule has 4 rings (SSSR count). The summed E-state index contributed by atoms with van der Waals surface area (Å²) < 4.78 is 49.6. The number of ether oxygens (including phenoxy) is 1. The average molecular weight is 464 g/mol. The van der Waals surface area contributed by atoms with Crippen LogP contribution in [0.2, 0.25) is 0 Å². The quantitative estimate of drug-likeness (QED) is 0.553. The molecule has 11 heteroatoms. The predicted octanol–water partition coefficient (Wildman–Crippen LogP) is 2.83. The lowest BCUT2D eigenvalue weighted by Gasteiger charge is -2.39.